The van der Waals surface area contributed by atoms with Gasteiger partial charge in [0.25, 0.3) is 0 Å². The van der Waals surface area contributed by atoms with Crippen molar-refractivity contribution in [3.63, 3.8) is 0 Å². The van der Waals surface area contributed by atoms with E-state index in [2.05, 4.69) is 31.5 Å². The second-order valence-corrected chi connectivity index (χ2v) is 4.15. The Hall–Kier alpha value is -1.10. The van der Waals surface area contributed by atoms with Crippen LogP contribution in [0.2, 0.25) is 0 Å². The van der Waals surface area contributed by atoms with Crippen molar-refractivity contribution in [3.8, 4) is 0 Å². The number of nitrogens with one attached hydrogen (secondary N) is 2. The van der Waals surface area contributed by atoms with Crippen molar-refractivity contribution in [3.05, 3.63) is 22.8 Å². The van der Waals surface area contributed by atoms with Gasteiger partial charge in [-0.15, -0.1) is 0 Å². The number of carbonyl (C=O) groups excluding carboxylic acids is 1. The molecule has 14 heavy (non-hydrogen) atoms. The smallest absolute Gasteiger partial charge is 0.320 e. The second-order valence-electron chi connectivity index (χ2n) is 3.23. The van der Waals surface area contributed by atoms with Crippen molar-refractivity contribution in [2.24, 2.45) is 0 Å². The summed E-state index contributed by atoms with van der Waals surface area (Å²) in [5.74, 6) is 0.553. The topological polar surface area (TPSA) is 54.0 Å². The number of amides is 2. The highest BCUT2D eigenvalue weighted by Crippen LogP contribution is 2.19. The van der Waals surface area contributed by atoms with E-state index in [0.29, 0.717) is 11.9 Å². The summed E-state index contributed by atoms with van der Waals surface area (Å²) in [5, 5.41) is 5.48. The van der Waals surface area contributed by atoms with Crippen molar-refractivity contribution in [2.45, 2.75) is 18.9 Å². The van der Waals surface area contributed by atoms with Gasteiger partial charge in [0.1, 0.15) is 5.82 Å². The van der Waals surface area contributed by atoms with Crippen LogP contribution in [0.3, 0.4) is 0 Å². The van der Waals surface area contributed by atoms with Crippen LogP contribution in [0.25, 0.3) is 0 Å². The van der Waals surface area contributed by atoms with Gasteiger partial charge in [0.15, 0.2) is 0 Å². The zero-order valence-corrected chi connectivity index (χ0v) is 9.04. The van der Waals surface area contributed by atoms with E-state index >= 15 is 0 Å². The van der Waals surface area contributed by atoms with Crippen molar-refractivity contribution in [1.82, 2.24) is 10.3 Å². The number of carbonyl (C=O) groups is 1. The summed E-state index contributed by atoms with van der Waals surface area (Å²) in [6.45, 7) is 0. The highest BCUT2D eigenvalue weighted by molar-refractivity contribution is 9.10. The molecule has 1 heterocycles. The Bertz CT molecular complexity index is 352. The summed E-state index contributed by atoms with van der Waals surface area (Å²) in [7, 11) is 0. The Kier molecular flexibility index (Phi) is 2.67. The molecule has 0 aromatic carbocycles. The van der Waals surface area contributed by atoms with E-state index in [0.717, 1.165) is 17.3 Å². The van der Waals surface area contributed by atoms with Gasteiger partial charge < -0.3 is 5.32 Å². The van der Waals surface area contributed by atoms with Gasteiger partial charge in [0, 0.05) is 16.7 Å². The summed E-state index contributed by atoms with van der Waals surface area (Å²) < 4.78 is 0.897. The average Bonchev–Trinajstić information content (AvgIpc) is 2.87. The first-order valence-corrected chi connectivity index (χ1v) is 5.22. The number of rotatable bonds is 2. The van der Waals surface area contributed by atoms with Crippen molar-refractivity contribution in [2.75, 3.05) is 5.32 Å². The number of nitrogens with zero attached hydrogens (tertiary/aromatic N) is 1. The third-order valence-corrected chi connectivity index (χ3v) is 2.37. The van der Waals surface area contributed by atoms with Gasteiger partial charge in [0.05, 0.1) is 0 Å². The van der Waals surface area contributed by atoms with Crippen molar-refractivity contribution < 1.29 is 4.79 Å². The summed E-state index contributed by atoms with van der Waals surface area (Å²) in [6.07, 6.45) is 3.80. The molecule has 2 N–H and O–H groups in total. The fourth-order valence-corrected chi connectivity index (χ4v) is 1.37. The summed E-state index contributed by atoms with van der Waals surface area (Å²) >= 11 is 3.30. The minimum absolute atomic E-state index is 0.182. The third-order valence-electron chi connectivity index (χ3n) is 1.88. The molecule has 0 spiro atoms. The van der Waals surface area contributed by atoms with E-state index in [9.17, 15) is 4.79 Å². The second kappa shape index (κ2) is 3.96. The van der Waals surface area contributed by atoms with Crippen LogP contribution in [0.1, 0.15) is 12.8 Å². The molecule has 0 saturated heterocycles. The molecule has 1 aliphatic rings. The van der Waals surface area contributed by atoms with Crippen LogP contribution in [-0.2, 0) is 0 Å². The van der Waals surface area contributed by atoms with Crippen LogP contribution >= 0.6 is 15.9 Å². The van der Waals surface area contributed by atoms with E-state index in [1.54, 1.807) is 12.3 Å². The number of aromatic nitrogens is 1. The van der Waals surface area contributed by atoms with Crippen LogP contribution in [0, 0.1) is 0 Å². The van der Waals surface area contributed by atoms with Crippen LogP contribution < -0.4 is 10.6 Å². The predicted molar refractivity (Wildman–Crippen MR) is 57.1 cm³/mol. The maximum Gasteiger partial charge on any atom is 0.320 e. The molecule has 1 saturated carbocycles. The fourth-order valence-electron chi connectivity index (χ4n) is 1.04. The maximum atomic E-state index is 11.3. The monoisotopic (exact) mass is 255 g/mol. The largest absolute Gasteiger partial charge is 0.335 e. The Labute approximate surface area is 90.2 Å². The molecule has 1 aromatic rings. The summed E-state index contributed by atoms with van der Waals surface area (Å²) in [5.41, 5.74) is 0. The number of hydrogen-bond acceptors (Lipinski definition) is 2. The first kappa shape index (κ1) is 9.45. The van der Waals surface area contributed by atoms with Gasteiger partial charge in [-0.3, -0.25) is 5.32 Å². The van der Waals surface area contributed by atoms with Gasteiger partial charge in [-0.1, -0.05) is 15.9 Å². The first-order valence-electron chi connectivity index (χ1n) is 4.43. The molecule has 4 nitrogen and oxygen atoms in total. The van der Waals surface area contributed by atoms with E-state index in [1.807, 2.05) is 6.07 Å². The molecule has 2 amide bonds. The molecule has 5 heteroatoms. The summed E-state index contributed by atoms with van der Waals surface area (Å²) in [4.78, 5) is 15.3. The van der Waals surface area contributed by atoms with Crippen LogP contribution in [0.4, 0.5) is 10.6 Å². The molecule has 0 unspecified atom stereocenters. The quantitative estimate of drug-likeness (QED) is 0.851. The van der Waals surface area contributed by atoms with Crippen LogP contribution in [0.5, 0.6) is 0 Å². The van der Waals surface area contributed by atoms with E-state index in [4.69, 9.17) is 0 Å². The SMILES string of the molecule is O=C(Nc1cc(Br)ccn1)NC1CC1. The molecular formula is C9H10BrN3O. The Morgan fingerprint density at radius 2 is 2.36 bits per heavy atom. The average molecular weight is 256 g/mol. The Morgan fingerprint density at radius 3 is 3.00 bits per heavy atom. The number of hydrogen-bond donors (Lipinski definition) is 2. The number of pyridine rings is 1. The molecule has 1 aliphatic carbocycles. The van der Waals surface area contributed by atoms with Crippen LogP contribution in [-0.4, -0.2) is 17.1 Å². The predicted octanol–water partition coefficient (Wildman–Crippen LogP) is 2.13. The van der Waals surface area contributed by atoms with Gasteiger partial charge >= 0.3 is 6.03 Å². The van der Waals surface area contributed by atoms with E-state index < -0.39 is 0 Å². The number of halogens is 1. The Balaban J connectivity index is 1.92. The molecule has 0 bridgehead atoms. The highest BCUT2D eigenvalue weighted by Gasteiger charge is 2.23. The highest BCUT2D eigenvalue weighted by atomic mass is 79.9. The van der Waals surface area contributed by atoms with E-state index in [1.165, 1.54) is 0 Å². The molecule has 0 aliphatic heterocycles. The fraction of sp³-hybridized carbons (Fsp3) is 0.333. The molecule has 1 aromatic heterocycles. The lowest BCUT2D eigenvalue weighted by Crippen LogP contribution is -2.30. The lowest BCUT2D eigenvalue weighted by Gasteiger charge is -2.05. The number of urea groups is 1. The molecule has 1 fully saturated rings. The van der Waals surface area contributed by atoms with Gasteiger partial charge in [0.2, 0.25) is 0 Å². The molecule has 0 atom stereocenters. The van der Waals surface area contributed by atoms with Crippen LogP contribution in [0.15, 0.2) is 22.8 Å². The maximum absolute atomic E-state index is 11.3. The zero-order chi connectivity index (χ0) is 9.97. The molecule has 2 rings (SSSR count). The minimum Gasteiger partial charge on any atom is -0.335 e. The minimum atomic E-state index is -0.182. The third kappa shape index (κ3) is 2.70. The Morgan fingerprint density at radius 1 is 1.57 bits per heavy atom. The summed E-state index contributed by atoms with van der Waals surface area (Å²) in [6, 6.07) is 3.75. The molecular weight excluding hydrogens is 246 g/mol. The number of anilines is 1. The lowest BCUT2D eigenvalue weighted by atomic mass is 10.5. The standard InChI is InChI=1S/C9H10BrN3O/c10-6-3-4-11-8(5-6)13-9(14)12-7-1-2-7/h3-5,7H,1-2H2,(H2,11,12,13,14). The molecule has 0 radical (unpaired) electrons. The van der Waals surface area contributed by atoms with E-state index in [-0.39, 0.29) is 6.03 Å². The first-order chi connectivity index (χ1) is 6.74. The van der Waals surface area contributed by atoms with Gasteiger partial charge in [-0.25, -0.2) is 9.78 Å². The zero-order valence-electron chi connectivity index (χ0n) is 7.46. The van der Waals surface area contributed by atoms with Crippen molar-refractivity contribution >= 4 is 27.8 Å². The van der Waals surface area contributed by atoms with Crippen molar-refractivity contribution in [1.29, 1.82) is 0 Å². The van der Waals surface area contributed by atoms with Gasteiger partial charge in [-0.2, -0.15) is 0 Å². The molecule has 74 valence electrons. The normalized spacial score (nSPS) is 14.9. The lowest BCUT2D eigenvalue weighted by molar-refractivity contribution is 0.251. The van der Waals surface area contributed by atoms with Gasteiger partial charge in [-0.05, 0) is 25.0 Å².